The van der Waals surface area contributed by atoms with Gasteiger partial charge in [0.05, 0.1) is 17.2 Å². The van der Waals surface area contributed by atoms with Crippen molar-refractivity contribution in [3.63, 3.8) is 0 Å². The molecule has 0 radical (unpaired) electrons. The minimum atomic E-state index is -0.785. The van der Waals surface area contributed by atoms with Gasteiger partial charge < -0.3 is 14.6 Å². The second kappa shape index (κ2) is 10.3. The lowest BCUT2D eigenvalue weighted by molar-refractivity contribution is -0.118. The van der Waals surface area contributed by atoms with Crippen LogP contribution in [0.3, 0.4) is 0 Å². The highest BCUT2D eigenvalue weighted by Gasteiger charge is 2.42. The number of benzene rings is 2. The number of unbranched alkanes of at least 4 members (excludes halogenated alkanes) is 2. The van der Waals surface area contributed by atoms with Gasteiger partial charge in [-0.15, -0.1) is 0 Å². The molecule has 0 saturated carbocycles. The first-order valence-electron chi connectivity index (χ1n) is 12.0. The number of hydrogen-bond donors (Lipinski definition) is 2. The van der Waals surface area contributed by atoms with Gasteiger partial charge in [0, 0.05) is 5.56 Å². The zero-order chi connectivity index (χ0) is 25.2. The van der Waals surface area contributed by atoms with Gasteiger partial charge in [-0.1, -0.05) is 43.7 Å². The molecule has 2 heterocycles. The van der Waals surface area contributed by atoms with Gasteiger partial charge >= 0.3 is 0 Å². The molecular formula is C27H31NO6S. The summed E-state index contributed by atoms with van der Waals surface area (Å²) < 4.78 is 12.6. The Labute approximate surface area is 209 Å². The van der Waals surface area contributed by atoms with Crippen LogP contribution < -0.4 is 14.8 Å². The van der Waals surface area contributed by atoms with Crippen molar-refractivity contribution >= 4 is 28.7 Å². The van der Waals surface area contributed by atoms with Crippen molar-refractivity contribution in [3.8, 4) is 17.2 Å². The number of phenols is 1. The Morgan fingerprint density at radius 1 is 1.17 bits per heavy atom. The number of nitrogens with one attached hydrogen (secondary N) is 1. The summed E-state index contributed by atoms with van der Waals surface area (Å²) in [5.41, 5.74) is 1.83. The SMILES string of the molecule is CCCCCC1(COc2ccc(CC3SC(=O)NC3=O)cc2)CC(=O)c2c(cc(C)c(O)c2C)O1. The van der Waals surface area contributed by atoms with Crippen molar-refractivity contribution in [2.45, 2.75) is 70.1 Å². The summed E-state index contributed by atoms with van der Waals surface area (Å²) in [5, 5.41) is 11.9. The van der Waals surface area contributed by atoms with Gasteiger partial charge in [-0.25, -0.2) is 0 Å². The third-order valence-electron chi connectivity index (χ3n) is 6.64. The summed E-state index contributed by atoms with van der Waals surface area (Å²) in [7, 11) is 0. The lowest BCUT2D eigenvalue weighted by atomic mass is 9.84. The number of thioether (sulfide) groups is 1. The van der Waals surface area contributed by atoms with Crippen LogP contribution in [0, 0.1) is 13.8 Å². The lowest BCUT2D eigenvalue weighted by Crippen LogP contribution is -2.47. The van der Waals surface area contributed by atoms with E-state index < -0.39 is 10.9 Å². The third kappa shape index (κ3) is 5.48. The molecule has 2 unspecified atom stereocenters. The molecule has 35 heavy (non-hydrogen) atoms. The van der Waals surface area contributed by atoms with Crippen LogP contribution in [-0.4, -0.2) is 39.5 Å². The number of ether oxygens (including phenoxy) is 2. The topological polar surface area (TPSA) is 102 Å². The number of aryl methyl sites for hydroxylation is 1. The molecule has 2 amide bonds. The van der Waals surface area contributed by atoms with Crippen molar-refractivity contribution in [3.05, 3.63) is 52.6 Å². The van der Waals surface area contributed by atoms with Gasteiger partial charge in [0.15, 0.2) is 5.78 Å². The van der Waals surface area contributed by atoms with Gasteiger partial charge in [-0.2, -0.15) is 0 Å². The monoisotopic (exact) mass is 497 g/mol. The molecule has 0 aliphatic carbocycles. The summed E-state index contributed by atoms with van der Waals surface area (Å²) >= 11 is 1.01. The predicted molar refractivity (Wildman–Crippen MR) is 135 cm³/mol. The predicted octanol–water partition coefficient (Wildman–Crippen LogP) is 5.27. The van der Waals surface area contributed by atoms with Gasteiger partial charge in [-0.3, -0.25) is 19.7 Å². The van der Waals surface area contributed by atoms with Gasteiger partial charge in [-0.05, 0) is 62.4 Å². The summed E-state index contributed by atoms with van der Waals surface area (Å²) in [6, 6.07) is 9.17. The fourth-order valence-electron chi connectivity index (χ4n) is 4.68. The molecule has 8 heteroatoms. The molecule has 2 aromatic carbocycles. The molecule has 2 aliphatic rings. The fraction of sp³-hybridized carbons (Fsp3) is 0.444. The van der Waals surface area contributed by atoms with E-state index in [1.807, 2.05) is 24.3 Å². The average Bonchev–Trinajstić information content (AvgIpc) is 3.13. The van der Waals surface area contributed by atoms with Crippen molar-refractivity contribution in [2.24, 2.45) is 0 Å². The number of amides is 2. The van der Waals surface area contributed by atoms with Crippen LogP contribution in [0.15, 0.2) is 30.3 Å². The van der Waals surface area contributed by atoms with Crippen molar-refractivity contribution in [1.29, 1.82) is 0 Å². The number of phenolic OH excluding ortho intramolecular Hbond substituents is 1. The Morgan fingerprint density at radius 3 is 2.57 bits per heavy atom. The van der Waals surface area contributed by atoms with Crippen LogP contribution in [-0.2, 0) is 11.2 Å². The molecule has 0 bridgehead atoms. The quantitative estimate of drug-likeness (QED) is 0.455. The Morgan fingerprint density at radius 2 is 1.91 bits per heavy atom. The van der Waals surface area contributed by atoms with E-state index in [9.17, 15) is 19.5 Å². The third-order valence-corrected chi connectivity index (χ3v) is 7.62. The number of fused-ring (bicyclic) bond motifs is 1. The molecule has 1 fully saturated rings. The largest absolute Gasteiger partial charge is 0.507 e. The van der Waals surface area contributed by atoms with E-state index in [1.54, 1.807) is 19.9 Å². The summed E-state index contributed by atoms with van der Waals surface area (Å²) in [6.07, 6.45) is 4.33. The van der Waals surface area contributed by atoms with E-state index in [0.717, 1.165) is 36.6 Å². The van der Waals surface area contributed by atoms with Gasteiger partial charge in [0.2, 0.25) is 5.91 Å². The van der Waals surface area contributed by atoms with Crippen LogP contribution in [0.4, 0.5) is 4.79 Å². The molecule has 2 aliphatic heterocycles. The first kappa shape index (κ1) is 25.1. The van der Waals surface area contributed by atoms with E-state index in [-0.39, 0.29) is 35.7 Å². The summed E-state index contributed by atoms with van der Waals surface area (Å²) in [4.78, 5) is 36.4. The maximum absolute atomic E-state index is 13.2. The molecular weight excluding hydrogens is 466 g/mol. The highest BCUT2D eigenvalue weighted by atomic mass is 32.2. The zero-order valence-corrected chi connectivity index (χ0v) is 21.1. The molecule has 0 spiro atoms. The molecule has 4 rings (SSSR count). The average molecular weight is 498 g/mol. The Balaban J connectivity index is 1.49. The molecule has 7 nitrogen and oxygen atoms in total. The lowest BCUT2D eigenvalue weighted by Gasteiger charge is -2.38. The van der Waals surface area contributed by atoms with Crippen LogP contribution in [0.5, 0.6) is 17.2 Å². The van der Waals surface area contributed by atoms with Gasteiger partial charge in [0.1, 0.15) is 29.5 Å². The summed E-state index contributed by atoms with van der Waals surface area (Å²) in [5.74, 6) is 0.979. The second-order valence-electron chi connectivity index (χ2n) is 9.40. The number of ketones is 1. The smallest absolute Gasteiger partial charge is 0.286 e. The number of Topliss-reactive ketones (excluding diaryl/α,β-unsaturated/α-hetero) is 1. The standard InChI is InChI=1S/C27H31NO6S/c1-4-5-6-11-27(14-20(29)23-17(3)24(30)16(2)12-21(23)34-27)15-33-19-9-7-18(8-10-19)13-22-25(31)28-26(32)35-22/h7-10,12,22,30H,4-6,11,13-15H2,1-3H3,(H,28,31,32). The van der Waals surface area contributed by atoms with E-state index in [4.69, 9.17) is 9.47 Å². The van der Waals surface area contributed by atoms with E-state index in [2.05, 4.69) is 12.2 Å². The van der Waals surface area contributed by atoms with E-state index >= 15 is 0 Å². The van der Waals surface area contributed by atoms with Crippen molar-refractivity contribution in [1.82, 2.24) is 5.32 Å². The number of hydrogen-bond acceptors (Lipinski definition) is 7. The van der Waals surface area contributed by atoms with E-state index in [0.29, 0.717) is 41.0 Å². The number of carbonyl (C=O) groups excluding carboxylic acids is 3. The van der Waals surface area contributed by atoms with Crippen LogP contribution in [0.25, 0.3) is 0 Å². The summed E-state index contributed by atoms with van der Waals surface area (Å²) in [6.45, 7) is 5.89. The minimum Gasteiger partial charge on any atom is -0.507 e. The normalized spacial score (nSPS) is 21.5. The molecule has 2 atom stereocenters. The zero-order valence-electron chi connectivity index (χ0n) is 20.3. The first-order chi connectivity index (χ1) is 16.7. The van der Waals surface area contributed by atoms with Crippen LogP contribution in [0.2, 0.25) is 0 Å². The van der Waals surface area contributed by atoms with E-state index in [1.165, 1.54) is 0 Å². The Kier molecular flexibility index (Phi) is 7.40. The highest BCUT2D eigenvalue weighted by Crippen LogP contribution is 2.42. The molecule has 186 valence electrons. The molecule has 2 aromatic rings. The highest BCUT2D eigenvalue weighted by molar-refractivity contribution is 8.15. The second-order valence-corrected chi connectivity index (χ2v) is 10.6. The minimum absolute atomic E-state index is 0.0450. The number of aromatic hydroxyl groups is 1. The van der Waals surface area contributed by atoms with Gasteiger partial charge in [0.25, 0.3) is 5.24 Å². The van der Waals surface area contributed by atoms with Crippen LogP contribution >= 0.6 is 11.8 Å². The molecule has 1 saturated heterocycles. The molecule has 0 aromatic heterocycles. The first-order valence-corrected chi connectivity index (χ1v) is 12.9. The van der Waals surface area contributed by atoms with Crippen molar-refractivity contribution < 1.29 is 29.0 Å². The maximum Gasteiger partial charge on any atom is 0.286 e. The Bertz CT molecular complexity index is 1150. The molecule has 2 N–H and O–H groups in total. The number of imide groups is 1. The maximum atomic E-state index is 13.2. The number of carbonyl (C=O) groups is 3. The van der Waals surface area contributed by atoms with Crippen molar-refractivity contribution in [2.75, 3.05) is 6.61 Å². The van der Waals surface area contributed by atoms with Crippen LogP contribution in [0.1, 0.15) is 66.1 Å². The number of rotatable bonds is 9. The Hall–Kier alpha value is -3.00. The fourth-order valence-corrected chi connectivity index (χ4v) is 5.54.